The number of amides is 2. The molecule has 1 atom stereocenters. The number of benzene rings is 2. The number of likely N-dealkylation sites (N-methyl/N-ethyl adjacent to an activating group) is 1. The van der Waals surface area contributed by atoms with Crippen LogP contribution >= 0.6 is 0 Å². The first-order valence-electron chi connectivity index (χ1n) is 7.71. The predicted molar refractivity (Wildman–Crippen MR) is 92.3 cm³/mol. The summed E-state index contributed by atoms with van der Waals surface area (Å²) in [7, 11) is 1.67. The van der Waals surface area contributed by atoms with Crippen molar-refractivity contribution in [3.8, 4) is 0 Å². The smallest absolute Gasteiger partial charge is 0.405 e. The first-order chi connectivity index (χ1) is 11.6. The van der Waals surface area contributed by atoms with Gasteiger partial charge >= 0.3 is 6.09 Å². The largest absolute Gasteiger partial charge is 0.465 e. The van der Waals surface area contributed by atoms with Gasteiger partial charge in [0.1, 0.15) is 6.04 Å². The van der Waals surface area contributed by atoms with Crippen molar-refractivity contribution in [3.05, 3.63) is 60.2 Å². The summed E-state index contributed by atoms with van der Waals surface area (Å²) < 4.78 is 0. The Labute approximate surface area is 140 Å². The molecule has 0 spiro atoms. The van der Waals surface area contributed by atoms with Crippen LogP contribution in [-0.2, 0) is 11.3 Å². The van der Waals surface area contributed by atoms with Gasteiger partial charge in [0.15, 0.2) is 0 Å². The number of anilines is 2. The molecule has 3 rings (SSSR count). The molecule has 0 radical (unpaired) electrons. The lowest BCUT2D eigenvalue weighted by molar-refractivity contribution is -0.119. The van der Waals surface area contributed by atoms with Gasteiger partial charge in [0.2, 0.25) is 0 Å². The quantitative estimate of drug-likeness (QED) is 0.908. The number of carbonyl (C=O) groups excluding carboxylic acids is 1. The summed E-state index contributed by atoms with van der Waals surface area (Å²) >= 11 is 0. The van der Waals surface area contributed by atoms with E-state index in [4.69, 9.17) is 5.11 Å². The highest BCUT2D eigenvalue weighted by Crippen LogP contribution is 2.32. The maximum absolute atomic E-state index is 12.6. The predicted octanol–water partition coefficient (Wildman–Crippen LogP) is 2.31. The van der Waals surface area contributed by atoms with Crippen molar-refractivity contribution in [2.24, 2.45) is 0 Å². The molecule has 0 saturated carbocycles. The van der Waals surface area contributed by atoms with Gasteiger partial charge in [-0.3, -0.25) is 4.79 Å². The van der Waals surface area contributed by atoms with Crippen LogP contribution < -0.4 is 15.1 Å². The number of para-hydroxylation sites is 2. The Balaban J connectivity index is 1.99. The van der Waals surface area contributed by atoms with Crippen molar-refractivity contribution in [3.63, 3.8) is 0 Å². The Morgan fingerprint density at radius 1 is 1.12 bits per heavy atom. The number of carboxylic acid groups (broad SMARTS) is 1. The van der Waals surface area contributed by atoms with E-state index in [1.165, 1.54) is 4.90 Å². The lowest BCUT2D eigenvalue weighted by Gasteiger charge is -2.26. The van der Waals surface area contributed by atoms with Crippen molar-refractivity contribution in [1.82, 2.24) is 5.32 Å². The third-order valence-electron chi connectivity index (χ3n) is 4.13. The van der Waals surface area contributed by atoms with Crippen LogP contribution in [0.5, 0.6) is 0 Å². The van der Waals surface area contributed by atoms with Gasteiger partial charge in [0, 0.05) is 20.1 Å². The maximum atomic E-state index is 12.6. The molecule has 6 heteroatoms. The second-order valence-electron chi connectivity index (χ2n) is 5.75. The highest BCUT2D eigenvalue weighted by molar-refractivity contribution is 6.02. The fourth-order valence-corrected chi connectivity index (χ4v) is 2.97. The molecule has 2 N–H and O–H groups in total. The summed E-state index contributed by atoms with van der Waals surface area (Å²) in [5, 5.41) is 11.4. The van der Waals surface area contributed by atoms with E-state index in [1.54, 1.807) is 7.05 Å². The van der Waals surface area contributed by atoms with Gasteiger partial charge in [0.25, 0.3) is 5.91 Å². The van der Waals surface area contributed by atoms with Gasteiger partial charge in [0.05, 0.1) is 11.4 Å². The van der Waals surface area contributed by atoms with Crippen LogP contribution in [0, 0.1) is 0 Å². The Bertz CT molecular complexity index is 748. The van der Waals surface area contributed by atoms with E-state index in [-0.39, 0.29) is 12.5 Å². The summed E-state index contributed by atoms with van der Waals surface area (Å²) in [6.07, 6.45) is -1.20. The minimum absolute atomic E-state index is 0.264. The molecule has 0 bridgehead atoms. The lowest BCUT2D eigenvalue weighted by Crippen LogP contribution is -2.50. The Morgan fingerprint density at radius 2 is 1.75 bits per heavy atom. The van der Waals surface area contributed by atoms with E-state index in [0.717, 1.165) is 16.9 Å². The summed E-state index contributed by atoms with van der Waals surface area (Å²) in [6.45, 7) is 0.873. The molecule has 1 heterocycles. The zero-order chi connectivity index (χ0) is 17.1. The number of rotatable bonds is 3. The molecule has 0 aromatic heterocycles. The van der Waals surface area contributed by atoms with Crippen LogP contribution in [0.3, 0.4) is 0 Å². The summed E-state index contributed by atoms with van der Waals surface area (Å²) in [5.74, 6) is -0.264. The second kappa shape index (κ2) is 6.62. The average Bonchev–Trinajstić information content (AvgIpc) is 2.67. The molecular formula is C18H19N3O3. The summed E-state index contributed by atoms with van der Waals surface area (Å²) in [5.41, 5.74) is 2.78. The maximum Gasteiger partial charge on any atom is 0.405 e. The molecule has 0 saturated heterocycles. The number of carbonyl (C=O) groups is 2. The van der Waals surface area contributed by atoms with E-state index in [1.807, 2.05) is 59.5 Å². The number of hydrogen-bond acceptors (Lipinski definition) is 3. The van der Waals surface area contributed by atoms with Gasteiger partial charge in [-0.25, -0.2) is 4.79 Å². The normalized spacial score (nSPS) is 17.2. The minimum atomic E-state index is -1.20. The third-order valence-corrected chi connectivity index (χ3v) is 4.13. The monoisotopic (exact) mass is 325 g/mol. The van der Waals surface area contributed by atoms with Crippen molar-refractivity contribution >= 4 is 23.4 Å². The topological polar surface area (TPSA) is 72.9 Å². The Kier molecular flexibility index (Phi) is 4.37. The van der Waals surface area contributed by atoms with Crippen molar-refractivity contribution in [2.45, 2.75) is 12.6 Å². The fraction of sp³-hybridized carbons (Fsp3) is 0.222. The number of fused-ring (bicyclic) bond motifs is 1. The molecule has 24 heavy (non-hydrogen) atoms. The van der Waals surface area contributed by atoms with Gasteiger partial charge in [-0.1, -0.05) is 42.5 Å². The van der Waals surface area contributed by atoms with Crippen molar-refractivity contribution in [2.75, 3.05) is 23.4 Å². The molecule has 2 aromatic rings. The highest BCUT2D eigenvalue weighted by atomic mass is 16.4. The van der Waals surface area contributed by atoms with E-state index in [0.29, 0.717) is 6.54 Å². The molecule has 124 valence electrons. The van der Waals surface area contributed by atoms with Crippen LogP contribution in [0.4, 0.5) is 16.2 Å². The summed E-state index contributed by atoms with van der Waals surface area (Å²) in [6, 6.07) is 16.7. The molecule has 1 aliphatic heterocycles. The third kappa shape index (κ3) is 3.17. The number of nitrogens with one attached hydrogen (secondary N) is 1. The highest BCUT2D eigenvalue weighted by Gasteiger charge is 2.32. The van der Waals surface area contributed by atoms with E-state index in [2.05, 4.69) is 5.32 Å². The Hall–Kier alpha value is -3.02. The van der Waals surface area contributed by atoms with Gasteiger partial charge in [-0.05, 0) is 17.7 Å². The zero-order valence-corrected chi connectivity index (χ0v) is 13.3. The second-order valence-corrected chi connectivity index (χ2v) is 5.75. The van der Waals surface area contributed by atoms with E-state index < -0.39 is 12.1 Å². The van der Waals surface area contributed by atoms with Crippen LogP contribution in [-0.4, -0.2) is 36.7 Å². The molecular weight excluding hydrogens is 306 g/mol. The molecule has 0 aliphatic carbocycles. The number of nitrogens with zero attached hydrogens (tertiary/aromatic N) is 2. The van der Waals surface area contributed by atoms with Crippen LogP contribution in [0.15, 0.2) is 54.6 Å². The molecule has 6 nitrogen and oxygen atoms in total. The van der Waals surface area contributed by atoms with Crippen LogP contribution in [0.2, 0.25) is 0 Å². The average molecular weight is 325 g/mol. The van der Waals surface area contributed by atoms with Crippen LogP contribution in [0.25, 0.3) is 0 Å². The number of hydrogen-bond donors (Lipinski definition) is 2. The van der Waals surface area contributed by atoms with Gasteiger partial charge in [-0.2, -0.15) is 0 Å². The SMILES string of the molecule is CN1C(=O)C(NC(=O)O)CN(Cc2ccccc2)c2ccccc21. The van der Waals surface area contributed by atoms with Crippen LogP contribution in [0.1, 0.15) is 5.56 Å². The molecule has 2 amide bonds. The molecule has 0 fully saturated rings. The van der Waals surface area contributed by atoms with Gasteiger partial charge in [-0.15, -0.1) is 0 Å². The van der Waals surface area contributed by atoms with Gasteiger partial charge < -0.3 is 20.2 Å². The standard InChI is InChI=1S/C18H19N3O3/c1-20-15-9-5-6-10-16(15)21(11-13-7-3-2-4-8-13)12-14(17(20)22)19-18(23)24/h2-10,14,19H,11-12H2,1H3,(H,23,24). The van der Waals surface area contributed by atoms with Crippen molar-refractivity contribution in [1.29, 1.82) is 0 Å². The molecule has 1 unspecified atom stereocenters. The molecule has 2 aromatic carbocycles. The zero-order valence-electron chi connectivity index (χ0n) is 13.3. The Morgan fingerprint density at radius 3 is 2.42 bits per heavy atom. The fourth-order valence-electron chi connectivity index (χ4n) is 2.97. The molecule has 1 aliphatic rings. The van der Waals surface area contributed by atoms with E-state index in [9.17, 15) is 9.59 Å². The lowest BCUT2D eigenvalue weighted by atomic mass is 10.1. The first kappa shape index (κ1) is 15.9. The van der Waals surface area contributed by atoms with Crippen molar-refractivity contribution < 1.29 is 14.7 Å². The minimum Gasteiger partial charge on any atom is -0.465 e. The van der Waals surface area contributed by atoms with E-state index >= 15 is 0 Å². The first-order valence-corrected chi connectivity index (χ1v) is 7.71. The summed E-state index contributed by atoms with van der Waals surface area (Å²) in [4.78, 5) is 27.2.